The van der Waals surface area contributed by atoms with Gasteiger partial charge in [-0.15, -0.1) is 0 Å². The topological polar surface area (TPSA) is 48.7 Å². The second-order valence-electron chi connectivity index (χ2n) is 6.22. The lowest BCUT2D eigenvalue weighted by molar-refractivity contribution is -0.132. The number of carbonyl (C=O) groups excluding carboxylic acids is 1. The van der Waals surface area contributed by atoms with E-state index in [1.807, 2.05) is 30.1 Å². The number of carbonyl (C=O) groups is 1. The fraction of sp³-hybridized carbons (Fsp3) is 0.500. The van der Waals surface area contributed by atoms with Crippen LogP contribution in [0.2, 0.25) is 0 Å². The van der Waals surface area contributed by atoms with E-state index in [0.29, 0.717) is 6.42 Å². The molecule has 1 aromatic heterocycles. The summed E-state index contributed by atoms with van der Waals surface area (Å²) in [7, 11) is 2.04. The van der Waals surface area contributed by atoms with Crippen molar-refractivity contribution >= 4 is 16.9 Å². The molecule has 1 aromatic carbocycles. The molecule has 2 aromatic rings. The van der Waals surface area contributed by atoms with E-state index in [1.54, 1.807) is 0 Å². The Kier molecular flexibility index (Phi) is 4.98. The third-order valence-corrected chi connectivity index (χ3v) is 4.67. The molecule has 0 bridgehead atoms. The first-order valence-electron chi connectivity index (χ1n) is 8.32. The molecule has 1 saturated heterocycles. The zero-order valence-corrected chi connectivity index (χ0v) is 13.9. The molecule has 1 N–H and O–H groups in total. The maximum absolute atomic E-state index is 12.3. The number of fused-ring (bicyclic) bond motifs is 1. The number of nitrogens with one attached hydrogen (secondary N) is 1. The van der Waals surface area contributed by atoms with Crippen LogP contribution in [0.5, 0.6) is 0 Å². The van der Waals surface area contributed by atoms with Crippen molar-refractivity contribution in [1.82, 2.24) is 15.1 Å². The van der Waals surface area contributed by atoms with Gasteiger partial charge in [0.2, 0.25) is 5.91 Å². The zero-order chi connectivity index (χ0) is 16.2. The molecule has 1 fully saturated rings. The molecule has 5 heteroatoms. The van der Waals surface area contributed by atoms with Crippen LogP contribution in [0.1, 0.15) is 25.1 Å². The Hall–Kier alpha value is -1.85. The summed E-state index contributed by atoms with van der Waals surface area (Å²) < 4.78 is 5.93. The molecule has 0 aliphatic carbocycles. The minimum atomic E-state index is 0.151. The van der Waals surface area contributed by atoms with E-state index < -0.39 is 0 Å². The van der Waals surface area contributed by atoms with Gasteiger partial charge in [-0.1, -0.05) is 18.2 Å². The minimum Gasteiger partial charge on any atom is -0.459 e. The van der Waals surface area contributed by atoms with Crippen LogP contribution in [0.15, 0.2) is 34.7 Å². The van der Waals surface area contributed by atoms with Gasteiger partial charge in [0, 0.05) is 44.5 Å². The number of benzene rings is 1. The molecule has 1 aliphatic rings. The van der Waals surface area contributed by atoms with Gasteiger partial charge in [0.05, 0.1) is 6.04 Å². The standard InChI is InChI=1S/C18H25N3O2/c1-14(17-13-15-5-3-4-6-16(15)23-17)20(2)10-7-18(22)21-11-8-19-9-12-21/h3-6,13-14,19H,7-12H2,1-2H3. The molecule has 124 valence electrons. The maximum Gasteiger partial charge on any atom is 0.223 e. The van der Waals surface area contributed by atoms with Crippen molar-refractivity contribution in [2.45, 2.75) is 19.4 Å². The van der Waals surface area contributed by atoms with Crippen molar-refractivity contribution in [2.24, 2.45) is 0 Å². The molecule has 0 radical (unpaired) electrons. The van der Waals surface area contributed by atoms with Crippen LogP contribution >= 0.6 is 0 Å². The Morgan fingerprint density at radius 3 is 2.83 bits per heavy atom. The van der Waals surface area contributed by atoms with Crippen molar-refractivity contribution in [3.05, 3.63) is 36.1 Å². The fourth-order valence-electron chi connectivity index (χ4n) is 2.96. The Labute approximate surface area is 137 Å². The van der Waals surface area contributed by atoms with Crippen LogP contribution in [0.4, 0.5) is 0 Å². The lowest BCUT2D eigenvalue weighted by Gasteiger charge is -2.29. The third kappa shape index (κ3) is 3.74. The quantitative estimate of drug-likeness (QED) is 0.919. The van der Waals surface area contributed by atoms with E-state index in [2.05, 4.69) is 29.3 Å². The van der Waals surface area contributed by atoms with Crippen LogP contribution in [-0.2, 0) is 4.79 Å². The van der Waals surface area contributed by atoms with Gasteiger partial charge in [-0.05, 0) is 26.1 Å². The number of hydrogen-bond acceptors (Lipinski definition) is 4. The predicted octanol–water partition coefficient (Wildman–Crippen LogP) is 2.25. The van der Waals surface area contributed by atoms with Crippen molar-refractivity contribution in [2.75, 3.05) is 39.8 Å². The zero-order valence-electron chi connectivity index (χ0n) is 13.9. The highest BCUT2D eigenvalue weighted by atomic mass is 16.3. The molecule has 1 amide bonds. The summed E-state index contributed by atoms with van der Waals surface area (Å²) in [4.78, 5) is 16.4. The van der Waals surface area contributed by atoms with Gasteiger partial charge in [0.25, 0.3) is 0 Å². The fourth-order valence-corrected chi connectivity index (χ4v) is 2.96. The van der Waals surface area contributed by atoms with E-state index >= 15 is 0 Å². The smallest absolute Gasteiger partial charge is 0.223 e. The average molecular weight is 315 g/mol. The molecule has 5 nitrogen and oxygen atoms in total. The number of nitrogens with zero attached hydrogens (tertiary/aromatic N) is 2. The number of para-hydroxylation sites is 1. The molecule has 3 rings (SSSR count). The molecule has 2 heterocycles. The molecule has 0 spiro atoms. The predicted molar refractivity (Wildman–Crippen MR) is 91.3 cm³/mol. The van der Waals surface area contributed by atoms with Crippen LogP contribution in [-0.4, -0.2) is 55.5 Å². The second-order valence-corrected chi connectivity index (χ2v) is 6.22. The largest absolute Gasteiger partial charge is 0.459 e. The molecule has 1 atom stereocenters. The van der Waals surface area contributed by atoms with Gasteiger partial charge in [-0.25, -0.2) is 0 Å². The lowest BCUT2D eigenvalue weighted by Crippen LogP contribution is -2.47. The van der Waals surface area contributed by atoms with Gasteiger partial charge >= 0.3 is 0 Å². The average Bonchev–Trinajstić information content (AvgIpc) is 3.03. The second kappa shape index (κ2) is 7.15. The van der Waals surface area contributed by atoms with Crippen molar-refractivity contribution in [1.29, 1.82) is 0 Å². The summed E-state index contributed by atoms with van der Waals surface area (Å²) in [6, 6.07) is 10.3. The first-order chi connectivity index (χ1) is 11.1. The first-order valence-corrected chi connectivity index (χ1v) is 8.32. The molecular weight excluding hydrogens is 290 g/mol. The molecule has 0 saturated carbocycles. The Morgan fingerprint density at radius 1 is 1.35 bits per heavy atom. The normalized spacial score (nSPS) is 16.9. The summed E-state index contributed by atoms with van der Waals surface area (Å²) in [5.41, 5.74) is 0.916. The van der Waals surface area contributed by atoms with E-state index in [9.17, 15) is 4.79 Å². The molecule has 1 aliphatic heterocycles. The highest BCUT2D eigenvalue weighted by molar-refractivity contribution is 5.78. The van der Waals surface area contributed by atoms with Crippen LogP contribution in [0.25, 0.3) is 11.0 Å². The monoisotopic (exact) mass is 315 g/mol. The SMILES string of the molecule is CC(c1cc2ccccc2o1)N(C)CCC(=O)N1CCNCC1. The van der Waals surface area contributed by atoms with Gasteiger partial charge in [0.15, 0.2) is 0 Å². The van der Waals surface area contributed by atoms with Crippen LogP contribution < -0.4 is 5.32 Å². The summed E-state index contributed by atoms with van der Waals surface area (Å²) in [5, 5.41) is 4.39. The Balaban J connectivity index is 1.56. The molecule has 23 heavy (non-hydrogen) atoms. The van der Waals surface area contributed by atoms with Crippen molar-refractivity contribution in [3.63, 3.8) is 0 Å². The summed E-state index contributed by atoms with van der Waals surface area (Å²) in [6.07, 6.45) is 0.557. The number of piperazine rings is 1. The van der Waals surface area contributed by atoms with Gasteiger partial charge in [0.1, 0.15) is 11.3 Å². The summed E-state index contributed by atoms with van der Waals surface area (Å²) >= 11 is 0. The number of rotatable bonds is 5. The van der Waals surface area contributed by atoms with Crippen LogP contribution in [0, 0.1) is 0 Å². The van der Waals surface area contributed by atoms with Gasteiger partial charge < -0.3 is 14.6 Å². The van der Waals surface area contributed by atoms with Crippen LogP contribution in [0.3, 0.4) is 0 Å². The van der Waals surface area contributed by atoms with Gasteiger partial charge in [-0.3, -0.25) is 9.69 Å². The number of hydrogen-bond donors (Lipinski definition) is 1. The molecule has 1 unspecified atom stereocenters. The Bertz CT molecular complexity index is 628. The summed E-state index contributed by atoms with van der Waals surface area (Å²) in [5.74, 6) is 1.19. The molecular formula is C18H25N3O2. The van der Waals surface area contributed by atoms with Crippen molar-refractivity contribution < 1.29 is 9.21 Å². The van der Waals surface area contributed by atoms with E-state index in [-0.39, 0.29) is 11.9 Å². The third-order valence-electron chi connectivity index (χ3n) is 4.67. The minimum absolute atomic E-state index is 0.151. The lowest BCUT2D eigenvalue weighted by atomic mass is 10.2. The van der Waals surface area contributed by atoms with Gasteiger partial charge in [-0.2, -0.15) is 0 Å². The first kappa shape index (κ1) is 16.0. The maximum atomic E-state index is 12.3. The Morgan fingerprint density at radius 2 is 2.09 bits per heavy atom. The number of furan rings is 1. The van der Waals surface area contributed by atoms with Crippen molar-refractivity contribution in [3.8, 4) is 0 Å². The highest BCUT2D eigenvalue weighted by Crippen LogP contribution is 2.26. The van der Waals surface area contributed by atoms with E-state index in [1.165, 1.54) is 0 Å². The number of amides is 1. The van der Waals surface area contributed by atoms with E-state index in [4.69, 9.17) is 4.42 Å². The highest BCUT2D eigenvalue weighted by Gasteiger charge is 2.20. The van der Waals surface area contributed by atoms with E-state index in [0.717, 1.165) is 49.5 Å². The summed E-state index contributed by atoms with van der Waals surface area (Å²) in [6.45, 7) is 6.30.